The molecule has 0 N–H and O–H groups in total. The Balaban J connectivity index is 2.77. The van der Waals surface area contributed by atoms with Gasteiger partial charge in [0, 0.05) is 5.41 Å². The van der Waals surface area contributed by atoms with E-state index in [2.05, 4.69) is 31.1 Å². The summed E-state index contributed by atoms with van der Waals surface area (Å²) < 4.78 is 0. The molecule has 0 saturated carbocycles. The summed E-state index contributed by atoms with van der Waals surface area (Å²) in [6.07, 6.45) is 1.81. The maximum atomic E-state index is 5.12. The van der Waals surface area contributed by atoms with Gasteiger partial charge < -0.3 is 4.84 Å². The van der Waals surface area contributed by atoms with E-state index in [4.69, 9.17) is 4.84 Å². The van der Waals surface area contributed by atoms with Crippen molar-refractivity contribution in [1.82, 2.24) is 15.2 Å². The summed E-state index contributed by atoms with van der Waals surface area (Å²) in [6.45, 7) is 8.79. The molecule has 1 aromatic heterocycles. The largest absolute Gasteiger partial charge is 0.396 e. The summed E-state index contributed by atoms with van der Waals surface area (Å²) in [5, 5.41) is 7.81. The van der Waals surface area contributed by atoms with Crippen LogP contribution in [0.15, 0.2) is 6.20 Å². The van der Waals surface area contributed by atoms with Gasteiger partial charge in [-0.3, -0.25) is 0 Å². The predicted molar refractivity (Wildman–Crippen MR) is 45.8 cm³/mol. The zero-order valence-corrected chi connectivity index (χ0v) is 8.03. The molecule has 0 saturated heterocycles. The Bertz CT molecular complexity index is 249. The average molecular weight is 169 g/mol. The van der Waals surface area contributed by atoms with Crippen molar-refractivity contribution >= 4 is 0 Å². The van der Waals surface area contributed by atoms with Crippen LogP contribution in [-0.2, 0) is 5.41 Å². The van der Waals surface area contributed by atoms with Crippen molar-refractivity contribution in [1.29, 1.82) is 0 Å². The molecule has 1 heterocycles. The van der Waals surface area contributed by atoms with Gasteiger partial charge in [0.25, 0.3) is 0 Å². The smallest absolute Gasteiger partial charge is 0.114 e. The highest BCUT2D eigenvalue weighted by Crippen LogP contribution is 2.18. The number of hydrogen-bond acceptors (Lipinski definition) is 3. The maximum Gasteiger partial charge on any atom is 0.114 e. The van der Waals surface area contributed by atoms with Crippen LogP contribution in [0.4, 0.5) is 0 Å². The third-order valence-corrected chi connectivity index (χ3v) is 1.50. The van der Waals surface area contributed by atoms with Crippen LogP contribution in [0.5, 0.6) is 0 Å². The third kappa shape index (κ3) is 1.96. The summed E-state index contributed by atoms with van der Waals surface area (Å²) in [7, 11) is 0. The lowest BCUT2D eigenvalue weighted by atomic mass is 9.93. The first kappa shape index (κ1) is 9.03. The minimum absolute atomic E-state index is 0.0371. The summed E-state index contributed by atoms with van der Waals surface area (Å²) >= 11 is 0. The molecular formula is C8H15N3O. The summed E-state index contributed by atoms with van der Waals surface area (Å²) in [5.41, 5.74) is 0.978. The van der Waals surface area contributed by atoms with Crippen molar-refractivity contribution in [3.63, 3.8) is 0 Å². The van der Waals surface area contributed by atoms with E-state index in [1.54, 1.807) is 0 Å². The lowest BCUT2D eigenvalue weighted by molar-refractivity contribution is 0.0883. The second kappa shape index (κ2) is 3.13. The molecule has 0 bridgehead atoms. The molecule has 4 nitrogen and oxygen atoms in total. The Morgan fingerprint density at radius 1 is 1.50 bits per heavy atom. The van der Waals surface area contributed by atoms with Crippen LogP contribution in [0.1, 0.15) is 33.4 Å². The third-order valence-electron chi connectivity index (χ3n) is 1.50. The average Bonchev–Trinajstić information content (AvgIpc) is 2.35. The Morgan fingerprint density at radius 3 is 2.58 bits per heavy atom. The molecule has 68 valence electrons. The minimum atomic E-state index is 0.0371. The van der Waals surface area contributed by atoms with Gasteiger partial charge in [0.1, 0.15) is 6.61 Å². The van der Waals surface area contributed by atoms with Gasteiger partial charge >= 0.3 is 0 Å². The zero-order valence-electron chi connectivity index (χ0n) is 8.03. The molecule has 0 aliphatic carbocycles. The molecule has 0 unspecified atom stereocenters. The first-order valence-electron chi connectivity index (χ1n) is 4.10. The van der Waals surface area contributed by atoms with Crippen molar-refractivity contribution in [3.05, 3.63) is 11.9 Å². The Morgan fingerprint density at radius 2 is 2.17 bits per heavy atom. The first-order valence-corrected chi connectivity index (χ1v) is 4.10. The van der Waals surface area contributed by atoms with Crippen LogP contribution in [-0.4, -0.2) is 21.8 Å². The molecular weight excluding hydrogens is 154 g/mol. The lowest BCUT2D eigenvalue weighted by Gasteiger charge is -2.12. The molecule has 4 heteroatoms. The molecule has 0 spiro atoms. The van der Waals surface area contributed by atoms with Gasteiger partial charge in [0.2, 0.25) is 0 Å². The fourth-order valence-corrected chi connectivity index (χ4v) is 0.788. The van der Waals surface area contributed by atoms with E-state index in [9.17, 15) is 0 Å². The summed E-state index contributed by atoms with van der Waals surface area (Å²) in [5.74, 6) is 0. The van der Waals surface area contributed by atoms with Gasteiger partial charge in [-0.15, -0.1) is 5.10 Å². The molecule has 0 aliphatic rings. The van der Waals surface area contributed by atoms with Crippen LogP contribution >= 0.6 is 0 Å². The number of aromatic nitrogens is 3. The molecule has 0 amide bonds. The van der Waals surface area contributed by atoms with Crippen molar-refractivity contribution in [3.8, 4) is 0 Å². The van der Waals surface area contributed by atoms with Crippen molar-refractivity contribution in [2.45, 2.75) is 33.1 Å². The highest BCUT2D eigenvalue weighted by molar-refractivity contribution is 5.05. The molecule has 1 aromatic rings. The fourth-order valence-electron chi connectivity index (χ4n) is 0.788. The van der Waals surface area contributed by atoms with Crippen LogP contribution in [0.3, 0.4) is 0 Å². The molecule has 1 rings (SSSR count). The zero-order chi connectivity index (χ0) is 9.19. The second-order valence-electron chi connectivity index (χ2n) is 3.67. The fraction of sp³-hybridized carbons (Fsp3) is 0.750. The van der Waals surface area contributed by atoms with Crippen molar-refractivity contribution in [2.24, 2.45) is 0 Å². The van der Waals surface area contributed by atoms with Crippen LogP contribution in [0.25, 0.3) is 0 Å². The molecule has 0 aromatic carbocycles. The van der Waals surface area contributed by atoms with Crippen molar-refractivity contribution in [2.75, 3.05) is 6.61 Å². The highest BCUT2D eigenvalue weighted by Gasteiger charge is 2.17. The van der Waals surface area contributed by atoms with Crippen LogP contribution in [0.2, 0.25) is 0 Å². The van der Waals surface area contributed by atoms with Crippen LogP contribution in [0, 0.1) is 0 Å². The van der Waals surface area contributed by atoms with E-state index in [-0.39, 0.29) is 5.41 Å². The molecule has 0 aliphatic heterocycles. The SMILES string of the molecule is CCOn1cc(C(C)(C)C)nn1. The Hall–Kier alpha value is -1.06. The van der Waals surface area contributed by atoms with Gasteiger partial charge in [-0.1, -0.05) is 25.6 Å². The molecule has 0 radical (unpaired) electrons. The van der Waals surface area contributed by atoms with E-state index in [1.807, 2.05) is 13.1 Å². The summed E-state index contributed by atoms with van der Waals surface area (Å²) in [4.78, 5) is 6.53. The normalized spacial score (nSPS) is 11.7. The Labute approximate surface area is 72.5 Å². The minimum Gasteiger partial charge on any atom is -0.396 e. The van der Waals surface area contributed by atoms with E-state index in [0.717, 1.165) is 5.69 Å². The number of rotatable bonds is 2. The highest BCUT2D eigenvalue weighted by atomic mass is 16.7. The molecule has 12 heavy (non-hydrogen) atoms. The monoisotopic (exact) mass is 169 g/mol. The van der Waals surface area contributed by atoms with E-state index >= 15 is 0 Å². The van der Waals surface area contributed by atoms with Crippen molar-refractivity contribution < 1.29 is 4.84 Å². The van der Waals surface area contributed by atoms with E-state index < -0.39 is 0 Å². The topological polar surface area (TPSA) is 39.9 Å². The predicted octanol–water partition coefficient (Wildman–Crippen LogP) is 1.02. The van der Waals surface area contributed by atoms with Gasteiger partial charge in [-0.25, -0.2) is 0 Å². The second-order valence-corrected chi connectivity index (χ2v) is 3.67. The van der Waals surface area contributed by atoms with Crippen LogP contribution < -0.4 is 4.84 Å². The van der Waals surface area contributed by atoms with Gasteiger partial charge in [0.15, 0.2) is 0 Å². The number of nitrogens with zero attached hydrogens (tertiary/aromatic N) is 3. The lowest BCUT2D eigenvalue weighted by Crippen LogP contribution is -2.12. The standard InChI is InChI=1S/C8H15N3O/c1-5-12-11-6-7(9-10-11)8(2,3)4/h6H,5H2,1-4H3. The molecule has 0 atom stereocenters. The molecule has 0 fully saturated rings. The van der Waals surface area contributed by atoms with Gasteiger partial charge in [0.05, 0.1) is 11.9 Å². The quantitative estimate of drug-likeness (QED) is 0.663. The van der Waals surface area contributed by atoms with Gasteiger partial charge in [-0.2, -0.15) is 0 Å². The Kier molecular flexibility index (Phi) is 2.35. The van der Waals surface area contributed by atoms with E-state index in [1.165, 1.54) is 4.85 Å². The van der Waals surface area contributed by atoms with Gasteiger partial charge in [-0.05, 0) is 12.1 Å². The first-order chi connectivity index (χ1) is 5.54. The number of hydrogen-bond donors (Lipinski definition) is 0. The van der Waals surface area contributed by atoms with E-state index in [0.29, 0.717) is 6.61 Å². The summed E-state index contributed by atoms with van der Waals surface area (Å²) in [6, 6.07) is 0. The maximum absolute atomic E-state index is 5.12.